The number of alkyl carbamates (subject to hydrolysis) is 1. The van der Waals surface area contributed by atoms with Crippen LogP contribution in [0.1, 0.15) is 88.2 Å². The van der Waals surface area contributed by atoms with Gasteiger partial charge in [0, 0.05) is 18.4 Å². The Bertz CT molecular complexity index is 1420. The number of benzene rings is 2. The lowest BCUT2D eigenvalue weighted by atomic mass is 9.84. The number of esters is 1. The predicted molar refractivity (Wildman–Crippen MR) is 193 cm³/mol. The minimum atomic E-state index is -0.972. The van der Waals surface area contributed by atoms with E-state index in [2.05, 4.69) is 41.2 Å². The standard InChI is InChI=1S/C40H53N3O7/c1-4-6-21-36(43-40(48)50-26-35-33-19-12-10-17-31(33)32-18-11-13-20-34(32)35)39(47)49-25-30(22-28-15-8-7-9-16-28)42-38(46)29(14-5-2)23-37(45)41-27(3)24-44/h4-5,10-13,17-20,27-30,35-36,44H,1-2,6-9,14-16,21-26H2,3H3,(H,41,45)(H,42,46)(H,43,48)/t27-,29+,30-,36-/m0/s1. The number of nitrogens with one attached hydrogen (secondary N) is 3. The van der Waals surface area contributed by atoms with E-state index in [1.807, 2.05) is 36.4 Å². The Kier molecular flexibility index (Phi) is 15.1. The molecule has 270 valence electrons. The molecule has 4 N–H and O–H groups in total. The smallest absolute Gasteiger partial charge is 0.407 e. The summed E-state index contributed by atoms with van der Waals surface area (Å²) >= 11 is 0. The average Bonchev–Trinajstić information content (AvgIpc) is 3.44. The fraction of sp³-hybridized carbons (Fsp3) is 0.500. The Morgan fingerprint density at radius 3 is 2.18 bits per heavy atom. The molecule has 1 saturated carbocycles. The van der Waals surface area contributed by atoms with E-state index in [0.717, 1.165) is 47.9 Å². The van der Waals surface area contributed by atoms with E-state index in [0.29, 0.717) is 18.8 Å². The highest BCUT2D eigenvalue weighted by atomic mass is 16.6. The highest BCUT2D eigenvalue weighted by molar-refractivity contribution is 5.86. The van der Waals surface area contributed by atoms with Gasteiger partial charge >= 0.3 is 12.1 Å². The van der Waals surface area contributed by atoms with Crippen LogP contribution in [0.25, 0.3) is 11.1 Å². The highest BCUT2D eigenvalue weighted by Crippen LogP contribution is 2.44. The Morgan fingerprint density at radius 1 is 0.900 bits per heavy atom. The first kappa shape index (κ1) is 38.4. The summed E-state index contributed by atoms with van der Waals surface area (Å²) < 4.78 is 11.5. The van der Waals surface area contributed by atoms with Crippen molar-refractivity contribution in [2.75, 3.05) is 19.8 Å². The number of amides is 3. The van der Waals surface area contributed by atoms with Gasteiger partial charge in [-0.15, -0.1) is 13.2 Å². The van der Waals surface area contributed by atoms with Gasteiger partial charge in [0.05, 0.1) is 18.6 Å². The third-order valence-corrected chi connectivity index (χ3v) is 9.63. The second-order valence-electron chi connectivity index (χ2n) is 13.5. The predicted octanol–water partition coefficient (Wildman–Crippen LogP) is 5.94. The maximum absolute atomic E-state index is 13.5. The number of aliphatic hydroxyl groups excluding tert-OH is 1. The Morgan fingerprint density at radius 2 is 1.56 bits per heavy atom. The van der Waals surface area contributed by atoms with E-state index in [9.17, 15) is 24.3 Å². The van der Waals surface area contributed by atoms with Crippen LogP contribution in [0.2, 0.25) is 0 Å². The third-order valence-electron chi connectivity index (χ3n) is 9.63. The van der Waals surface area contributed by atoms with Crippen LogP contribution in [-0.2, 0) is 23.9 Å². The number of carbonyl (C=O) groups is 4. The summed E-state index contributed by atoms with van der Waals surface area (Å²) in [6.07, 6.45) is 9.61. The monoisotopic (exact) mass is 687 g/mol. The van der Waals surface area contributed by atoms with Crippen molar-refractivity contribution in [3.63, 3.8) is 0 Å². The van der Waals surface area contributed by atoms with Crippen molar-refractivity contribution < 1.29 is 33.8 Å². The van der Waals surface area contributed by atoms with Crippen molar-refractivity contribution in [1.82, 2.24) is 16.0 Å². The first-order chi connectivity index (χ1) is 24.2. The molecule has 10 heteroatoms. The largest absolute Gasteiger partial charge is 0.462 e. The molecule has 50 heavy (non-hydrogen) atoms. The summed E-state index contributed by atoms with van der Waals surface area (Å²) in [4.78, 5) is 52.5. The van der Waals surface area contributed by atoms with Crippen LogP contribution >= 0.6 is 0 Å². The first-order valence-corrected chi connectivity index (χ1v) is 17.9. The van der Waals surface area contributed by atoms with E-state index in [-0.39, 0.29) is 56.8 Å². The van der Waals surface area contributed by atoms with Crippen LogP contribution in [0.5, 0.6) is 0 Å². The van der Waals surface area contributed by atoms with Crippen molar-refractivity contribution in [2.45, 2.75) is 95.2 Å². The van der Waals surface area contributed by atoms with Crippen molar-refractivity contribution in [1.29, 1.82) is 0 Å². The topological polar surface area (TPSA) is 143 Å². The molecule has 1 fully saturated rings. The van der Waals surface area contributed by atoms with Gasteiger partial charge in [0.25, 0.3) is 0 Å². The van der Waals surface area contributed by atoms with Gasteiger partial charge < -0.3 is 30.5 Å². The molecule has 0 unspecified atom stereocenters. The van der Waals surface area contributed by atoms with E-state index in [4.69, 9.17) is 9.47 Å². The van der Waals surface area contributed by atoms with E-state index in [1.165, 1.54) is 6.42 Å². The van der Waals surface area contributed by atoms with Crippen molar-refractivity contribution in [3.05, 3.63) is 85.0 Å². The molecule has 0 aromatic heterocycles. The van der Waals surface area contributed by atoms with Crippen LogP contribution in [0.3, 0.4) is 0 Å². The van der Waals surface area contributed by atoms with Gasteiger partial charge in [0.15, 0.2) is 0 Å². The number of hydrogen-bond donors (Lipinski definition) is 4. The molecule has 0 aliphatic heterocycles. The number of carbonyl (C=O) groups excluding carboxylic acids is 4. The van der Waals surface area contributed by atoms with Crippen molar-refractivity contribution in [2.24, 2.45) is 11.8 Å². The molecule has 0 saturated heterocycles. The Hall–Kier alpha value is -4.44. The zero-order chi connectivity index (χ0) is 35.9. The highest BCUT2D eigenvalue weighted by Gasteiger charge is 2.31. The first-order valence-electron chi connectivity index (χ1n) is 17.9. The molecular formula is C40H53N3O7. The number of hydrogen-bond acceptors (Lipinski definition) is 7. The molecule has 0 bridgehead atoms. The minimum Gasteiger partial charge on any atom is -0.462 e. The van der Waals surface area contributed by atoms with Gasteiger partial charge in [-0.25, -0.2) is 9.59 Å². The van der Waals surface area contributed by atoms with Crippen LogP contribution in [-0.4, -0.2) is 66.9 Å². The fourth-order valence-electron chi connectivity index (χ4n) is 7.00. The van der Waals surface area contributed by atoms with E-state index in [1.54, 1.807) is 19.1 Å². The maximum Gasteiger partial charge on any atom is 0.407 e. The normalized spacial score (nSPS) is 16.4. The number of allylic oxidation sites excluding steroid dienone is 2. The van der Waals surface area contributed by atoms with Gasteiger partial charge in [-0.1, -0.05) is 92.8 Å². The lowest BCUT2D eigenvalue weighted by Crippen LogP contribution is -2.47. The molecule has 0 spiro atoms. The van der Waals surface area contributed by atoms with Crippen LogP contribution < -0.4 is 16.0 Å². The minimum absolute atomic E-state index is 0.0637. The van der Waals surface area contributed by atoms with E-state index < -0.39 is 36.1 Å². The fourth-order valence-corrected chi connectivity index (χ4v) is 7.00. The van der Waals surface area contributed by atoms with Gasteiger partial charge in [0.1, 0.15) is 19.3 Å². The molecule has 2 aliphatic carbocycles. The SMILES string of the molecule is C=CCC[C@H](NC(=O)OCC1c2ccccc2-c2ccccc21)C(=O)OC[C@H](CC1CCCCC1)NC(=O)[C@H](CC=C)CC(=O)N[C@@H](C)CO. The molecule has 0 radical (unpaired) electrons. The second-order valence-corrected chi connectivity index (χ2v) is 13.5. The average molecular weight is 688 g/mol. The molecule has 0 heterocycles. The molecular weight excluding hydrogens is 634 g/mol. The van der Waals surface area contributed by atoms with Crippen LogP contribution in [0.15, 0.2) is 73.8 Å². The van der Waals surface area contributed by atoms with Crippen LogP contribution in [0.4, 0.5) is 4.79 Å². The van der Waals surface area contributed by atoms with E-state index >= 15 is 0 Å². The lowest BCUT2D eigenvalue weighted by Gasteiger charge is -2.28. The lowest BCUT2D eigenvalue weighted by molar-refractivity contribution is -0.148. The number of ether oxygens (including phenoxy) is 2. The summed E-state index contributed by atoms with van der Waals surface area (Å²) in [6, 6.07) is 14.3. The molecule has 2 aromatic rings. The third kappa shape index (κ3) is 11.0. The zero-order valence-electron chi connectivity index (χ0n) is 29.2. The van der Waals surface area contributed by atoms with Gasteiger partial charge in [0.2, 0.25) is 11.8 Å². The van der Waals surface area contributed by atoms with Gasteiger partial charge in [-0.2, -0.15) is 0 Å². The molecule has 3 amide bonds. The summed E-state index contributed by atoms with van der Waals surface area (Å²) in [5.74, 6) is -1.71. The Labute approximate surface area is 296 Å². The number of fused-ring (bicyclic) bond motifs is 3. The molecule has 4 atom stereocenters. The zero-order valence-corrected chi connectivity index (χ0v) is 29.2. The van der Waals surface area contributed by atoms with Crippen molar-refractivity contribution >= 4 is 23.9 Å². The second kappa shape index (κ2) is 19.7. The molecule has 2 aliphatic rings. The van der Waals surface area contributed by atoms with Crippen molar-refractivity contribution in [3.8, 4) is 11.1 Å². The number of rotatable bonds is 19. The molecule has 2 aromatic carbocycles. The Balaban J connectivity index is 1.38. The summed E-state index contributed by atoms with van der Waals surface area (Å²) in [7, 11) is 0. The van der Waals surface area contributed by atoms with Gasteiger partial charge in [-0.3, -0.25) is 9.59 Å². The molecule has 4 rings (SSSR count). The number of aliphatic hydroxyl groups is 1. The summed E-state index contributed by atoms with van der Waals surface area (Å²) in [5, 5.41) is 17.7. The molecule has 10 nitrogen and oxygen atoms in total. The summed E-state index contributed by atoms with van der Waals surface area (Å²) in [6.45, 7) is 9.02. The quantitative estimate of drug-likeness (QED) is 0.106. The van der Waals surface area contributed by atoms with Crippen LogP contribution in [0, 0.1) is 11.8 Å². The van der Waals surface area contributed by atoms with Gasteiger partial charge in [-0.05, 0) is 60.8 Å². The maximum atomic E-state index is 13.5. The summed E-state index contributed by atoms with van der Waals surface area (Å²) in [5.41, 5.74) is 4.42.